The van der Waals surface area contributed by atoms with Crippen LogP contribution in [0, 0.1) is 0 Å². The largest absolute Gasteiger partial charge is 0.359 e. The summed E-state index contributed by atoms with van der Waals surface area (Å²) in [5.41, 5.74) is -1.19. The van der Waals surface area contributed by atoms with E-state index in [1.165, 1.54) is 26.2 Å². The van der Waals surface area contributed by atoms with Gasteiger partial charge >= 0.3 is 0 Å². The SMILES string of the molecule is C.COCOC1(C(=O)C(=O)N2[C@@H]3CCC[C@H]2C(=O)N2CC(=O)N(CC(OC)OC)C[C@H]32)CCCC1. The van der Waals surface area contributed by atoms with Crippen LogP contribution in [0.25, 0.3) is 0 Å². The van der Waals surface area contributed by atoms with Crippen LogP contribution in [0.3, 0.4) is 0 Å². The number of piperidine rings is 1. The molecule has 3 heterocycles. The first-order chi connectivity index (χ1) is 16.4. The van der Waals surface area contributed by atoms with Gasteiger partial charge in [-0.25, -0.2) is 0 Å². The second-order valence-corrected chi connectivity index (χ2v) is 9.54. The van der Waals surface area contributed by atoms with E-state index >= 15 is 0 Å². The van der Waals surface area contributed by atoms with Gasteiger partial charge in [-0.1, -0.05) is 7.43 Å². The third-order valence-electron chi connectivity index (χ3n) is 7.75. The van der Waals surface area contributed by atoms with Crippen LogP contribution in [0.5, 0.6) is 0 Å². The Morgan fingerprint density at radius 3 is 2.34 bits per heavy atom. The zero-order valence-corrected chi connectivity index (χ0v) is 20.2. The second kappa shape index (κ2) is 11.3. The molecule has 11 nitrogen and oxygen atoms in total. The third kappa shape index (κ3) is 4.96. The molecular weight excluding hydrogens is 458 g/mol. The fraction of sp³-hybridized carbons (Fsp3) is 0.833. The molecule has 3 aliphatic heterocycles. The van der Waals surface area contributed by atoms with E-state index in [1.54, 1.807) is 9.80 Å². The zero-order valence-electron chi connectivity index (χ0n) is 20.2. The summed E-state index contributed by atoms with van der Waals surface area (Å²) in [4.78, 5) is 58.1. The third-order valence-corrected chi connectivity index (χ3v) is 7.75. The van der Waals surface area contributed by atoms with Gasteiger partial charge in [-0.05, 0) is 44.9 Å². The number of carbonyl (C=O) groups excluding carboxylic acids is 4. The summed E-state index contributed by atoms with van der Waals surface area (Å²) < 4.78 is 21.3. The van der Waals surface area contributed by atoms with E-state index in [0.29, 0.717) is 25.7 Å². The number of amides is 3. The number of hydrogen-bond donors (Lipinski definition) is 0. The van der Waals surface area contributed by atoms with E-state index in [2.05, 4.69) is 0 Å². The van der Waals surface area contributed by atoms with Gasteiger partial charge in [0.25, 0.3) is 11.7 Å². The Labute approximate surface area is 206 Å². The predicted molar refractivity (Wildman–Crippen MR) is 124 cm³/mol. The van der Waals surface area contributed by atoms with E-state index in [0.717, 1.165) is 19.3 Å². The number of ether oxygens (including phenoxy) is 4. The molecule has 0 spiro atoms. The Kier molecular flexibility index (Phi) is 8.90. The predicted octanol–water partition coefficient (Wildman–Crippen LogP) is 0.547. The topological polar surface area (TPSA) is 115 Å². The van der Waals surface area contributed by atoms with Crippen LogP contribution in [0.4, 0.5) is 0 Å². The fourth-order valence-electron chi connectivity index (χ4n) is 5.96. The quantitative estimate of drug-likeness (QED) is 0.335. The molecule has 4 aliphatic rings. The van der Waals surface area contributed by atoms with Crippen molar-refractivity contribution in [3.05, 3.63) is 0 Å². The van der Waals surface area contributed by atoms with Crippen molar-refractivity contribution < 1.29 is 38.1 Å². The van der Waals surface area contributed by atoms with Gasteiger partial charge in [-0.3, -0.25) is 19.2 Å². The van der Waals surface area contributed by atoms with Gasteiger partial charge in [0.05, 0.1) is 18.6 Å². The van der Waals surface area contributed by atoms with Crippen molar-refractivity contribution in [1.82, 2.24) is 14.7 Å². The van der Waals surface area contributed by atoms with Crippen LogP contribution >= 0.6 is 0 Å². The van der Waals surface area contributed by atoms with Gasteiger partial charge in [0.2, 0.25) is 11.8 Å². The van der Waals surface area contributed by atoms with Crippen molar-refractivity contribution in [2.75, 3.05) is 47.8 Å². The normalized spacial score (nSPS) is 27.7. The van der Waals surface area contributed by atoms with Crippen molar-refractivity contribution in [2.45, 2.75) is 82.4 Å². The van der Waals surface area contributed by atoms with Gasteiger partial charge in [0.1, 0.15) is 25.0 Å². The minimum Gasteiger partial charge on any atom is -0.359 e. The molecule has 0 radical (unpaired) electrons. The Bertz CT molecular complexity index is 811. The highest BCUT2D eigenvalue weighted by Gasteiger charge is 2.56. The first kappa shape index (κ1) is 27.5. The average Bonchev–Trinajstić information content (AvgIpc) is 3.34. The summed E-state index contributed by atoms with van der Waals surface area (Å²) in [7, 11) is 4.48. The molecule has 3 amide bonds. The number of carbonyl (C=O) groups is 4. The number of ketones is 1. The highest BCUT2D eigenvalue weighted by molar-refractivity contribution is 6.39. The number of nitrogens with zero attached hydrogens (tertiary/aromatic N) is 3. The summed E-state index contributed by atoms with van der Waals surface area (Å²) >= 11 is 0. The Morgan fingerprint density at radius 1 is 1.03 bits per heavy atom. The first-order valence-corrected chi connectivity index (χ1v) is 12.0. The molecule has 0 N–H and O–H groups in total. The minimum atomic E-state index is -1.19. The Balaban J connectivity index is 0.00000342. The van der Waals surface area contributed by atoms with Crippen LogP contribution in [0.1, 0.15) is 52.4 Å². The van der Waals surface area contributed by atoms with E-state index < -0.39 is 29.6 Å². The highest BCUT2D eigenvalue weighted by Crippen LogP contribution is 2.39. The number of fused-ring (bicyclic) bond motifs is 4. The molecule has 0 aromatic carbocycles. The van der Waals surface area contributed by atoms with Gasteiger partial charge in [0, 0.05) is 27.9 Å². The lowest BCUT2D eigenvalue weighted by atomic mass is 9.82. The van der Waals surface area contributed by atoms with Crippen molar-refractivity contribution in [2.24, 2.45) is 0 Å². The molecule has 4 rings (SSSR count). The van der Waals surface area contributed by atoms with Crippen molar-refractivity contribution in [3.63, 3.8) is 0 Å². The van der Waals surface area contributed by atoms with E-state index in [-0.39, 0.29) is 57.8 Å². The number of Topliss-reactive ketones (excluding diaryl/α,β-unsaturated/α-hetero) is 1. The maximum absolute atomic E-state index is 13.7. The molecule has 1 saturated carbocycles. The summed E-state index contributed by atoms with van der Waals surface area (Å²) in [5, 5.41) is 0. The number of hydrogen-bond acceptors (Lipinski definition) is 8. The molecule has 2 bridgehead atoms. The summed E-state index contributed by atoms with van der Waals surface area (Å²) in [6.45, 7) is 0.363. The highest BCUT2D eigenvalue weighted by atomic mass is 16.7. The minimum absolute atomic E-state index is 0. The first-order valence-electron chi connectivity index (χ1n) is 12.0. The molecule has 198 valence electrons. The molecular formula is C24H39N3O8. The maximum atomic E-state index is 13.7. The van der Waals surface area contributed by atoms with Gasteiger partial charge in [-0.2, -0.15) is 0 Å². The molecule has 35 heavy (non-hydrogen) atoms. The standard InChI is InChI=1S/C23H35N3O8.CH4/c1-31-14-34-23(9-4-5-10-23)20(28)22(30)26-15-7-6-8-16(26)21(29)25-12-18(27)24(11-17(15)25)13-19(32-2)33-3;/h15-17,19H,4-14H2,1-3H3;1H4/t15-,16+,17-;/m1./s1. The van der Waals surface area contributed by atoms with Gasteiger partial charge in [-0.15, -0.1) is 0 Å². The van der Waals surface area contributed by atoms with Gasteiger partial charge < -0.3 is 33.6 Å². The van der Waals surface area contributed by atoms with E-state index in [1.807, 2.05) is 0 Å². The molecule has 3 saturated heterocycles. The van der Waals surface area contributed by atoms with Crippen molar-refractivity contribution >= 4 is 23.5 Å². The molecule has 3 atom stereocenters. The lowest BCUT2D eigenvalue weighted by Crippen LogP contribution is -2.75. The molecule has 4 fully saturated rings. The molecule has 0 aromatic heterocycles. The van der Waals surface area contributed by atoms with Crippen molar-refractivity contribution in [1.29, 1.82) is 0 Å². The van der Waals surface area contributed by atoms with Crippen LogP contribution < -0.4 is 0 Å². The molecule has 0 unspecified atom stereocenters. The van der Waals surface area contributed by atoms with Crippen molar-refractivity contribution in [3.8, 4) is 0 Å². The molecule has 1 aliphatic carbocycles. The fourth-order valence-corrected chi connectivity index (χ4v) is 5.96. The lowest BCUT2D eigenvalue weighted by molar-refractivity contribution is -0.184. The van der Waals surface area contributed by atoms with E-state index in [9.17, 15) is 19.2 Å². The Morgan fingerprint density at radius 2 is 1.71 bits per heavy atom. The van der Waals surface area contributed by atoms with E-state index in [4.69, 9.17) is 18.9 Å². The Hall–Kier alpha value is -2.08. The van der Waals surface area contributed by atoms with Crippen LogP contribution in [0.15, 0.2) is 0 Å². The molecule has 0 aromatic rings. The van der Waals surface area contributed by atoms with Crippen LogP contribution in [0.2, 0.25) is 0 Å². The summed E-state index contributed by atoms with van der Waals surface area (Å²) in [6.07, 6.45) is 3.85. The number of piperazine rings is 2. The molecule has 11 heteroatoms. The summed E-state index contributed by atoms with van der Waals surface area (Å²) in [6, 6.07) is -1.45. The second-order valence-electron chi connectivity index (χ2n) is 9.54. The average molecular weight is 498 g/mol. The zero-order chi connectivity index (χ0) is 24.5. The summed E-state index contributed by atoms with van der Waals surface area (Å²) in [5.74, 6) is -1.70. The van der Waals surface area contributed by atoms with Gasteiger partial charge in [0.15, 0.2) is 6.29 Å². The smallest absolute Gasteiger partial charge is 0.294 e. The maximum Gasteiger partial charge on any atom is 0.294 e. The number of methoxy groups -OCH3 is 3. The van der Waals surface area contributed by atoms with Crippen LogP contribution in [-0.4, -0.2) is 116 Å². The monoisotopic (exact) mass is 497 g/mol. The number of rotatable bonds is 9. The lowest BCUT2D eigenvalue weighted by Gasteiger charge is -2.56. The van der Waals surface area contributed by atoms with Crippen LogP contribution in [-0.2, 0) is 38.1 Å².